The van der Waals surface area contributed by atoms with Gasteiger partial charge in [-0.05, 0) is 56.3 Å². The molecule has 2 aliphatic carbocycles. The number of carbonyl (C=O) groups is 1. The standard InChI is InChI=1S/C16H30N2O/c1-3-16(4-2,11-17)15(19)18-8-7-14-10-12-5-6-13(14)9-12/h12-14H,3-11,17H2,1-2H3,(H,18,19). The number of hydrogen-bond acceptors (Lipinski definition) is 2. The second-order valence-electron chi connectivity index (χ2n) is 6.67. The molecule has 2 fully saturated rings. The van der Waals surface area contributed by atoms with Crippen LogP contribution >= 0.6 is 0 Å². The highest BCUT2D eigenvalue weighted by Crippen LogP contribution is 2.49. The van der Waals surface area contributed by atoms with Gasteiger partial charge in [0.25, 0.3) is 0 Å². The van der Waals surface area contributed by atoms with Crippen molar-refractivity contribution < 1.29 is 4.79 Å². The zero-order valence-electron chi connectivity index (χ0n) is 12.6. The molecule has 2 saturated carbocycles. The quantitative estimate of drug-likeness (QED) is 0.744. The molecule has 3 N–H and O–H groups in total. The third-order valence-electron chi connectivity index (χ3n) is 5.91. The van der Waals surface area contributed by atoms with Gasteiger partial charge in [0.1, 0.15) is 0 Å². The lowest BCUT2D eigenvalue weighted by atomic mass is 9.81. The molecule has 3 atom stereocenters. The van der Waals surface area contributed by atoms with E-state index in [9.17, 15) is 4.79 Å². The molecule has 3 unspecified atom stereocenters. The van der Waals surface area contributed by atoms with Crippen LogP contribution in [-0.2, 0) is 4.79 Å². The van der Waals surface area contributed by atoms with Crippen LogP contribution in [-0.4, -0.2) is 19.0 Å². The summed E-state index contributed by atoms with van der Waals surface area (Å²) in [6, 6.07) is 0. The Hall–Kier alpha value is -0.570. The Morgan fingerprint density at radius 2 is 2.00 bits per heavy atom. The van der Waals surface area contributed by atoms with Crippen molar-refractivity contribution in [2.24, 2.45) is 28.9 Å². The molecule has 0 aromatic carbocycles. The molecule has 1 amide bonds. The van der Waals surface area contributed by atoms with Crippen LogP contribution in [0, 0.1) is 23.2 Å². The van der Waals surface area contributed by atoms with Gasteiger partial charge in [-0.2, -0.15) is 0 Å². The molecular formula is C16H30N2O. The first-order valence-electron chi connectivity index (χ1n) is 8.13. The van der Waals surface area contributed by atoms with Crippen molar-refractivity contribution in [2.75, 3.05) is 13.1 Å². The second kappa shape index (κ2) is 6.25. The Bertz CT molecular complexity index is 304. The zero-order valence-corrected chi connectivity index (χ0v) is 12.6. The molecule has 0 radical (unpaired) electrons. The maximum atomic E-state index is 12.3. The maximum absolute atomic E-state index is 12.3. The first kappa shape index (κ1) is 14.8. The highest BCUT2D eigenvalue weighted by Gasteiger charge is 2.39. The summed E-state index contributed by atoms with van der Waals surface area (Å²) in [6.45, 7) is 5.42. The van der Waals surface area contributed by atoms with Crippen molar-refractivity contribution in [3.63, 3.8) is 0 Å². The number of hydrogen-bond donors (Lipinski definition) is 2. The highest BCUT2D eigenvalue weighted by atomic mass is 16.2. The van der Waals surface area contributed by atoms with Gasteiger partial charge >= 0.3 is 0 Å². The number of amides is 1. The molecule has 0 aromatic heterocycles. The van der Waals surface area contributed by atoms with Gasteiger partial charge in [0.15, 0.2) is 0 Å². The van der Waals surface area contributed by atoms with Gasteiger partial charge in [0.2, 0.25) is 5.91 Å². The molecule has 2 bridgehead atoms. The molecule has 110 valence electrons. The highest BCUT2D eigenvalue weighted by molar-refractivity contribution is 5.82. The Morgan fingerprint density at radius 1 is 1.26 bits per heavy atom. The predicted octanol–water partition coefficient (Wildman–Crippen LogP) is 2.69. The molecule has 2 aliphatic rings. The summed E-state index contributed by atoms with van der Waals surface area (Å²) in [5.41, 5.74) is 5.47. The van der Waals surface area contributed by atoms with Gasteiger partial charge in [-0.1, -0.05) is 20.3 Å². The minimum atomic E-state index is -0.339. The molecular weight excluding hydrogens is 236 g/mol. The topological polar surface area (TPSA) is 55.1 Å². The van der Waals surface area contributed by atoms with Crippen molar-refractivity contribution in [1.29, 1.82) is 0 Å². The van der Waals surface area contributed by atoms with Crippen LogP contribution in [0.25, 0.3) is 0 Å². The summed E-state index contributed by atoms with van der Waals surface area (Å²) < 4.78 is 0. The minimum Gasteiger partial charge on any atom is -0.356 e. The molecule has 0 saturated heterocycles. The second-order valence-corrected chi connectivity index (χ2v) is 6.67. The summed E-state index contributed by atoms with van der Waals surface area (Å²) in [5.74, 6) is 3.00. The van der Waals surface area contributed by atoms with Crippen LogP contribution in [0.5, 0.6) is 0 Å². The lowest BCUT2D eigenvalue weighted by Gasteiger charge is -2.29. The van der Waals surface area contributed by atoms with Crippen molar-refractivity contribution >= 4 is 5.91 Å². The van der Waals surface area contributed by atoms with Gasteiger partial charge in [0, 0.05) is 13.1 Å². The van der Waals surface area contributed by atoms with Crippen molar-refractivity contribution in [3.8, 4) is 0 Å². The molecule has 2 rings (SSSR count). The Morgan fingerprint density at radius 3 is 2.47 bits per heavy atom. The van der Waals surface area contributed by atoms with Crippen LogP contribution in [0.1, 0.15) is 58.8 Å². The molecule has 3 heteroatoms. The lowest BCUT2D eigenvalue weighted by Crippen LogP contribution is -2.45. The monoisotopic (exact) mass is 266 g/mol. The Balaban J connectivity index is 1.74. The molecule has 0 aromatic rings. The Kier molecular flexibility index (Phi) is 4.88. The molecule has 0 heterocycles. The van der Waals surface area contributed by atoms with Gasteiger partial charge in [-0.25, -0.2) is 0 Å². The number of nitrogens with one attached hydrogen (secondary N) is 1. The van der Waals surface area contributed by atoms with Gasteiger partial charge in [-0.3, -0.25) is 4.79 Å². The van der Waals surface area contributed by atoms with E-state index >= 15 is 0 Å². The number of rotatable bonds is 7. The molecule has 3 nitrogen and oxygen atoms in total. The molecule has 0 spiro atoms. The Labute approximate surface area is 117 Å². The van der Waals surface area contributed by atoms with Crippen molar-refractivity contribution in [3.05, 3.63) is 0 Å². The van der Waals surface area contributed by atoms with E-state index < -0.39 is 0 Å². The number of carbonyl (C=O) groups excluding carboxylic acids is 1. The van der Waals surface area contributed by atoms with Crippen LogP contribution in [0.2, 0.25) is 0 Å². The summed E-state index contributed by atoms with van der Waals surface area (Å²) in [4.78, 5) is 12.3. The largest absolute Gasteiger partial charge is 0.356 e. The van der Waals surface area contributed by atoms with E-state index in [0.29, 0.717) is 6.54 Å². The average molecular weight is 266 g/mol. The zero-order chi connectivity index (χ0) is 13.9. The third-order valence-corrected chi connectivity index (χ3v) is 5.91. The van der Waals surface area contributed by atoms with E-state index in [2.05, 4.69) is 19.2 Å². The van der Waals surface area contributed by atoms with Crippen LogP contribution in [0.3, 0.4) is 0 Å². The number of nitrogens with two attached hydrogens (primary N) is 1. The van der Waals surface area contributed by atoms with Crippen molar-refractivity contribution in [2.45, 2.75) is 58.8 Å². The van der Waals surface area contributed by atoms with Gasteiger partial charge in [0.05, 0.1) is 5.41 Å². The minimum absolute atomic E-state index is 0.170. The summed E-state index contributed by atoms with van der Waals surface area (Å²) in [7, 11) is 0. The van der Waals surface area contributed by atoms with E-state index in [1.807, 2.05) is 0 Å². The first-order chi connectivity index (χ1) is 9.15. The molecule has 19 heavy (non-hydrogen) atoms. The summed E-state index contributed by atoms with van der Waals surface area (Å²) in [6.07, 6.45) is 8.58. The summed E-state index contributed by atoms with van der Waals surface area (Å²) >= 11 is 0. The van der Waals surface area contributed by atoms with E-state index in [1.165, 1.54) is 32.1 Å². The number of fused-ring (bicyclic) bond motifs is 2. The first-order valence-corrected chi connectivity index (χ1v) is 8.13. The van der Waals surface area contributed by atoms with Crippen molar-refractivity contribution in [1.82, 2.24) is 5.32 Å². The predicted molar refractivity (Wildman–Crippen MR) is 78.6 cm³/mol. The van der Waals surface area contributed by atoms with E-state index in [4.69, 9.17) is 5.73 Å². The van der Waals surface area contributed by atoms with Crippen LogP contribution in [0.15, 0.2) is 0 Å². The normalized spacial score (nSPS) is 29.7. The average Bonchev–Trinajstić information content (AvgIpc) is 3.04. The summed E-state index contributed by atoms with van der Waals surface area (Å²) in [5, 5.41) is 3.14. The maximum Gasteiger partial charge on any atom is 0.227 e. The molecule has 0 aliphatic heterocycles. The van der Waals surface area contributed by atoms with E-state index in [1.54, 1.807) is 0 Å². The SMILES string of the molecule is CCC(CC)(CN)C(=O)NCCC1CC2CCC1C2. The smallest absolute Gasteiger partial charge is 0.227 e. The van der Waals surface area contributed by atoms with Crippen LogP contribution in [0.4, 0.5) is 0 Å². The fourth-order valence-corrected chi connectivity index (χ4v) is 4.24. The third kappa shape index (κ3) is 2.96. The van der Waals surface area contributed by atoms with Gasteiger partial charge in [-0.15, -0.1) is 0 Å². The van der Waals surface area contributed by atoms with Gasteiger partial charge < -0.3 is 11.1 Å². The fraction of sp³-hybridized carbons (Fsp3) is 0.938. The fourth-order valence-electron chi connectivity index (χ4n) is 4.24. The van der Waals surface area contributed by atoms with Crippen LogP contribution < -0.4 is 11.1 Å². The van der Waals surface area contributed by atoms with E-state index in [0.717, 1.165) is 37.1 Å². The van der Waals surface area contributed by atoms with E-state index in [-0.39, 0.29) is 11.3 Å². The lowest BCUT2D eigenvalue weighted by molar-refractivity contribution is -0.131.